The molecule has 0 N–H and O–H groups in total. The van der Waals surface area contributed by atoms with E-state index in [2.05, 4.69) is 10.1 Å². The van der Waals surface area contributed by atoms with Crippen molar-refractivity contribution in [1.29, 1.82) is 0 Å². The number of nitrogens with zero attached hydrogens (tertiary/aromatic N) is 3. The first-order valence-electron chi connectivity index (χ1n) is 8.51. The zero-order chi connectivity index (χ0) is 19.2. The lowest BCUT2D eigenvalue weighted by molar-refractivity contribution is 0.144. The van der Waals surface area contributed by atoms with Crippen LogP contribution in [0.5, 0.6) is 0 Å². The van der Waals surface area contributed by atoms with Gasteiger partial charge in [0.15, 0.2) is 15.7 Å². The van der Waals surface area contributed by atoms with Crippen molar-refractivity contribution in [3.63, 3.8) is 0 Å². The van der Waals surface area contributed by atoms with E-state index < -0.39 is 16.3 Å². The molecule has 5 nitrogen and oxygen atoms in total. The summed E-state index contributed by atoms with van der Waals surface area (Å²) in [6, 6.07) is 10.6. The van der Waals surface area contributed by atoms with Gasteiger partial charge in [0, 0.05) is 23.6 Å². The number of pyridine rings is 1. The van der Waals surface area contributed by atoms with Crippen molar-refractivity contribution in [3.05, 3.63) is 59.4 Å². The minimum Gasteiger partial charge on any atom is -0.236 e. The van der Waals surface area contributed by atoms with Gasteiger partial charge < -0.3 is 0 Å². The molecule has 8 heteroatoms. The maximum atomic E-state index is 13.6. The molecule has 0 unspecified atom stereocenters. The van der Waals surface area contributed by atoms with Gasteiger partial charge in [-0.1, -0.05) is 24.3 Å². The van der Waals surface area contributed by atoms with Gasteiger partial charge in [0.25, 0.3) is 6.43 Å². The second-order valence-electron chi connectivity index (χ2n) is 6.56. The molecule has 27 heavy (non-hydrogen) atoms. The SMILES string of the molecule is CS(=O)(=O)c1ccc(-n2nc(C(F)F)c3c2-c2ccccc2CCC3)nc1. The predicted octanol–water partition coefficient (Wildman–Crippen LogP) is 3.76. The standard InChI is InChI=1S/C19H17F2N3O2S/c1-27(25,26)13-9-10-16(22-11-13)24-18-14-7-3-2-5-12(14)6-4-8-15(18)17(23-24)19(20)21/h2-3,5,7,9-11,19H,4,6,8H2,1H3. The minimum atomic E-state index is -3.39. The normalized spacial score (nSPS) is 13.9. The summed E-state index contributed by atoms with van der Waals surface area (Å²) >= 11 is 0. The van der Waals surface area contributed by atoms with E-state index in [1.54, 1.807) is 0 Å². The fourth-order valence-electron chi connectivity index (χ4n) is 3.47. The summed E-state index contributed by atoms with van der Waals surface area (Å²) < 4.78 is 52.0. The van der Waals surface area contributed by atoms with Crippen LogP contribution in [0.2, 0.25) is 0 Å². The second kappa shape index (κ2) is 6.53. The number of benzene rings is 1. The van der Waals surface area contributed by atoms with Gasteiger partial charge in [0.2, 0.25) is 0 Å². The smallest absolute Gasteiger partial charge is 0.236 e. The quantitative estimate of drug-likeness (QED) is 0.684. The van der Waals surface area contributed by atoms with Gasteiger partial charge in [0.1, 0.15) is 5.69 Å². The molecule has 0 bridgehead atoms. The summed E-state index contributed by atoms with van der Waals surface area (Å²) in [7, 11) is -3.39. The van der Waals surface area contributed by atoms with Crippen molar-refractivity contribution >= 4 is 9.84 Å². The first-order valence-corrected chi connectivity index (χ1v) is 10.4. The largest absolute Gasteiger partial charge is 0.282 e. The van der Waals surface area contributed by atoms with Gasteiger partial charge in [-0.3, -0.25) is 0 Å². The molecular weight excluding hydrogens is 372 g/mol. The maximum absolute atomic E-state index is 13.6. The number of aromatic nitrogens is 3. The van der Waals surface area contributed by atoms with Crippen molar-refractivity contribution in [2.24, 2.45) is 0 Å². The Bertz CT molecular complexity index is 1110. The molecule has 3 aromatic rings. The van der Waals surface area contributed by atoms with Crippen LogP contribution < -0.4 is 0 Å². The monoisotopic (exact) mass is 389 g/mol. The number of halogens is 2. The summed E-state index contributed by atoms with van der Waals surface area (Å²) in [4.78, 5) is 4.24. The molecule has 0 saturated carbocycles. The van der Waals surface area contributed by atoms with E-state index in [4.69, 9.17) is 0 Å². The highest BCUT2D eigenvalue weighted by molar-refractivity contribution is 7.90. The fraction of sp³-hybridized carbons (Fsp3) is 0.263. The van der Waals surface area contributed by atoms with E-state index in [0.29, 0.717) is 23.5 Å². The van der Waals surface area contributed by atoms with Gasteiger partial charge in [-0.25, -0.2) is 26.9 Å². The first kappa shape index (κ1) is 17.8. The van der Waals surface area contributed by atoms with Crippen molar-refractivity contribution in [3.8, 4) is 17.1 Å². The van der Waals surface area contributed by atoms with E-state index in [-0.39, 0.29) is 10.6 Å². The Morgan fingerprint density at radius 3 is 2.56 bits per heavy atom. The van der Waals surface area contributed by atoms with Gasteiger partial charge >= 0.3 is 0 Å². The van der Waals surface area contributed by atoms with Gasteiger partial charge in [0.05, 0.1) is 10.6 Å². The molecule has 0 radical (unpaired) electrons. The molecular formula is C19H17F2N3O2S. The van der Waals surface area contributed by atoms with Crippen molar-refractivity contribution in [2.45, 2.75) is 30.6 Å². The Balaban J connectivity index is 1.96. The average Bonchev–Trinajstić information content (AvgIpc) is 2.91. The number of aryl methyl sites for hydroxylation is 1. The van der Waals surface area contributed by atoms with Gasteiger partial charge in [-0.15, -0.1) is 0 Å². The molecule has 2 heterocycles. The molecule has 140 valence electrons. The van der Waals surface area contributed by atoms with Crippen LogP contribution >= 0.6 is 0 Å². The third kappa shape index (κ3) is 3.14. The molecule has 0 amide bonds. The number of fused-ring (bicyclic) bond motifs is 3. The van der Waals surface area contributed by atoms with Crippen LogP contribution in [0.1, 0.15) is 29.7 Å². The maximum Gasteiger partial charge on any atom is 0.282 e. The topological polar surface area (TPSA) is 64.8 Å². The van der Waals surface area contributed by atoms with Crippen LogP contribution in [0, 0.1) is 0 Å². The van der Waals surface area contributed by atoms with Gasteiger partial charge in [-0.2, -0.15) is 5.10 Å². The third-order valence-corrected chi connectivity index (χ3v) is 5.83. The zero-order valence-electron chi connectivity index (χ0n) is 14.6. The number of alkyl halides is 2. The highest BCUT2D eigenvalue weighted by atomic mass is 32.2. The Morgan fingerprint density at radius 1 is 1.11 bits per heavy atom. The summed E-state index contributed by atoms with van der Waals surface area (Å²) in [5.41, 5.74) is 2.84. The summed E-state index contributed by atoms with van der Waals surface area (Å²) in [6.45, 7) is 0. The van der Waals surface area contributed by atoms with Crippen LogP contribution in [-0.2, 0) is 22.7 Å². The zero-order valence-corrected chi connectivity index (χ0v) is 15.4. The summed E-state index contributed by atoms with van der Waals surface area (Å²) in [6.07, 6.45) is 1.69. The molecule has 0 atom stereocenters. The van der Waals surface area contributed by atoms with Crippen molar-refractivity contribution in [1.82, 2.24) is 14.8 Å². The van der Waals surface area contributed by atoms with Crippen LogP contribution in [-0.4, -0.2) is 29.4 Å². The lowest BCUT2D eigenvalue weighted by atomic mass is 10.0. The van der Waals surface area contributed by atoms with Crippen molar-refractivity contribution < 1.29 is 17.2 Å². The summed E-state index contributed by atoms with van der Waals surface area (Å²) in [5.74, 6) is 0.308. The number of sulfone groups is 1. The van der Waals surface area contributed by atoms with E-state index in [1.807, 2.05) is 24.3 Å². The second-order valence-corrected chi connectivity index (χ2v) is 8.58. The van der Waals surface area contributed by atoms with E-state index in [0.717, 1.165) is 30.2 Å². The Labute approximate surface area is 155 Å². The number of rotatable bonds is 3. The Kier molecular flexibility index (Phi) is 4.30. The predicted molar refractivity (Wildman–Crippen MR) is 96.9 cm³/mol. The van der Waals surface area contributed by atoms with Crippen LogP contribution in [0.25, 0.3) is 17.1 Å². The molecule has 4 rings (SSSR count). The molecule has 0 spiro atoms. The Hall–Kier alpha value is -2.61. The van der Waals surface area contributed by atoms with Crippen LogP contribution in [0.4, 0.5) is 8.78 Å². The third-order valence-electron chi connectivity index (χ3n) is 4.73. The molecule has 1 aliphatic rings. The molecule has 2 aromatic heterocycles. The highest BCUT2D eigenvalue weighted by Gasteiger charge is 2.28. The minimum absolute atomic E-state index is 0.0685. The molecule has 1 aliphatic carbocycles. The average molecular weight is 389 g/mol. The van der Waals surface area contributed by atoms with Crippen molar-refractivity contribution in [2.75, 3.05) is 6.26 Å². The first-order chi connectivity index (χ1) is 12.9. The van der Waals surface area contributed by atoms with Gasteiger partial charge in [-0.05, 0) is 37.0 Å². The fourth-order valence-corrected chi connectivity index (χ4v) is 4.03. The summed E-state index contributed by atoms with van der Waals surface area (Å²) in [5, 5.41) is 4.15. The molecule has 0 aliphatic heterocycles. The van der Waals surface area contributed by atoms with E-state index in [1.165, 1.54) is 23.0 Å². The lowest BCUT2D eigenvalue weighted by Crippen LogP contribution is -2.05. The Morgan fingerprint density at radius 2 is 1.89 bits per heavy atom. The van der Waals surface area contributed by atoms with Crippen LogP contribution in [0.15, 0.2) is 47.5 Å². The molecule has 0 saturated heterocycles. The number of hydrogen-bond acceptors (Lipinski definition) is 4. The molecule has 0 fully saturated rings. The molecule has 1 aromatic carbocycles. The van der Waals surface area contributed by atoms with E-state index in [9.17, 15) is 17.2 Å². The van der Waals surface area contributed by atoms with E-state index >= 15 is 0 Å². The highest BCUT2D eigenvalue weighted by Crippen LogP contribution is 2.38. The lowest BCUT2D eigenvalue weighted by Gasteiger charge is -2.10. The van der Waals surface area contributed by atoms with Crippen LogP contribution in [0.3, 0.4) is 0 Å². The number of hydrogen-bond donors (Lipinski definition) is 0.